The van der Waals surface area contributed by atoms with E-state index in [1.807, 2.05) is 61.3 Å². The third-order valence-corrected chi connectivity index (χ3v) is 8.26. The van der Waals surface area contributed by atoms with Crippen molar-refractivity contribution in [3.05, 3.63) is 140 Å². The highest BCUT2D eigenvalue weighted by molar-refractivity contribution is 6.08. The number of pyridine rings is 6. The van der Waals surface area contributed by atoms with Crippen LogP contribution in [0.3, 0.4) is 0 Å². The molecule has 9 aromatic rings. The normalized spacial score (nSPS) is 11.6. The fourth-order valence-corrected chi connectivity index (χ4v) is 6.12. The first-order valence-electron chi connectivity index (χ1n) is 14.7. The second kappa shape index (κ2) is 10.1. The van der Waals surface area contributed by atoms with Crippen LogP contribution < -0.4 is 0 Å². The third kappa shape index (κ3) is 4.21. The van der Waals surface area contributed by atoms with Gasteiger partial charge in [0.2, 0.25) is 0 Å². The van der Waals surface area contributed by atoms with Crippen LogP contribution in [0.4, 0.5) is 0 Å². The van der Waals surface area contributed by atoms with Crippen LogP contribution in [0.5, 0.6) is 0 Å². The molecule has 0 bridgehead atoms. The molecule has 7 aromatic heterocycles. The lowest BCUT2D eigenvalue weighted by Crippen LogP contribution is -1.98. The van der Waals surface area contributed by atoms with Gasteiger partial charge in [-0.1, -0.05) is 42.5 Å². The fraction of sp³-hybridized carbons (Fsp3) is 0. The Labute approximate surface area is 257 Å². The van der Waals surface area contributed by atoms with E-state index in [9.17, 15) is 0 Å². The van der Waals surface area contributed by atoms with Crippen molar-refractivity contribution in [1.82, 2.24) is 34.5 Å². The Balaban J connectivity index is 1.18. The summed E-state index contributed by atoms with van der Waals surface area (Å²) >= 11 is 0. The van der Waals surface area contributed by atoms with Gasteiger partial charge in [0.1, 0.15) is 5.82 Å². The van der Waals surface area contributed by atoms with Gasteiger partial charge < -0.3 is 0 Å². The lowest BCUT2D eigenvalue weighted by atomic mass is 10.0. The summed E-state index contributed by atoms with van der Waals surface area (Å²) in [5.74, 6) is 0.818. The highest BCUT2D eigenvalue weighted by atomic mass is 15.1. The molecule has 0 saturated heterocycles. The number of nitrogens with zero attached hydrogens (tertiary/aromatic N) is 7. The van der Waals surface area contributed by atoms with Crippen LogP contribution in [0.15, 0.2) is 140 Å². The molecular formula is C38H23N7. The van der Waals surface area contributed by atoms with Gasteiger partial charge in [-0.15, -0.1) is 0 Å². The largest absolute Gasteiger partial charge is 0.292 e. The van der Waals surface area contributed by atoms with Crippen LogP contribution in [0, 0.1) is 0 Å². The molecule has 0 amide bonds. The first kappa shape index (κ1) is 25.2. The number of aromatic nitrogens is 7. The zero-order valence-corrected chi connectivity index (χ0v) is 23.9. The number of fused-ring (bicyclic) bond motifs is 6. The molecule has 9 rings (SSSR count). The lowest BCUT2D eigenvalue weighted by molar-refractivity contribution is 1.07. The smallest absolute Gasteiger partial charge is 0.137 e. The van der Waals surface area contributed by atoms with Crippen molar-refractivity contribution in [2.24, 2.45) is 0 Å². The number of para-hydroxylation sites is 1. The van der Waals surface area contributed by atoms with Crippen molar-refractivity contribution in [1.29, 1.82) is 0 Å². The minimum absolute atomic E-state index is 0.779. The van der Waals surface area contributed by atoms with E-state index >= 15 is 0 Å². The Morgan fingerprint density at radius 2 is 1.27 bits per heavy atom. The van der Waals surface area contributed by atoms with E-state index in [2.05, 4.69) is 92.3 Å². The lowest BCUT2D eigenvalue weighted by Gasteiger charge is -2.11. The third-order valence-electron chi connectivity index (χ3n) is 8.26. The van der Waals surface area contributed by atoms with Crippen LogP contribution in [-0.2, 0) is 0 Å². The quantitative estimate of drug-likeness (QED) is 0.195. The number of rotatable bonds is 4. The second-order valence-electron chi connectivity index (χ2n) is 10.9. The van der Waals surface area contributed by atoms with Crippen LogP contribution >= 0.6 is 0 Å². The molecule has 2 aromatic carbocycles. The summed E-state index contributed by atoms with van der Waals surface area (Å²) in [5, 5.41) is 4.42. The Morgan fingerprint density at radius 3 is 2.18 bits per heavy atom. The van der Waals surface area contributed by atoms with E-state index in [-0.39, 0.29) is 0 Å². The zero-order valence-electron chi connectivity index (χ0n) is 23.9. The van der Waals surface area contributed by atoms with Crippen LogP contribution in [0.1, 0.15) is 0 Å². The molecule has 0 N–H and O–H groups in total. The topological polar surface area (TPSA) is 82.3 Å². The summed E-state index contributed by atoms with van der Waals surface area (Å²) in [4.78, 5) is 28.4. The summed E-state index contributed by atoms with van der Waals surface area (Å²) in [5.41, 5.74) is 9.15. The van der Waals surface area contributed by atoms with Crippen molar-refractivity contribution in [3.63, 3.8) is 0 Å². The van der Waals surface area contributed by atoms with E-state index in [1.165, 1.54) is 5.39 Å². The van der Waals surface area contributed by atoms with Crippen molar-refractivity contribution < 1.29 is 0 Å². The highest BCUT2D eigenvalue weighted by Crippen LogP contribution is 2.34. The van der Waals surface area contributed by atoms with E-state index in [0.29, 0.717) is 0 Å². The van der Waals surface area contributed by atoms with Crippen molar-refractivity contribution in [3.8, 4) is 39.6 Å². The Kier molecular flexibility index (Phi) is 5.67. The number of hydrogen-bond donors (Lipinski definition) is 0. The van der Waals surface area contributed by atoms with Gasteiger partial charge in [-0.05, 0) is 66.2 Å². The minimum Gasteiger partial charge on any atom is -0.292 e. The van der Waals surface area contributed by atoms with Crippen molar-refractivity contribution >= 4 is 43.6 Å². The Hall–Kier alpha value is -6.34. The molecule has 0 saturated carbocycles. The first-order chi connectivity index (χ1) is 22.3. The van der Waals surface area contributed by atoms with Gasteiger partial charge in [0.25, 0.3) is 0 Å². The molecule has 0 unspecified atom stereocenters. The number of benzene rings is 2. The molecular weight excluding hydrogens is 554 g/mol. The summed E-state index contributed by atoms with van der Waals surface area (Å²) in [6.45, 7) is 0. The molecule has 210 valence electrons. The van der Waals surface area contributed by atoms with Gasteiger partial charge in [0.15, 0.2) is 0 Å². The van der Waals surface area contributed by atoms with Gasteiger partial charge in [0, 0.05) is 63.7 Å². The summed E-state index contributed by atoms with van der Waals surface area (Å²) in [7, 11) is 0. The van der Waals surface area contributed by atoms with E-state index in [0.717, 1.165) is 77.8 Å². The molecule has 7 heterocycles. The second-order valence-corrected chi connectivity index (χ2v) is 10.9. The van der Waals surface area contributed by atoms with E-state index in [4.69, 9.17) is 15.0 Å². The Bertz CT molecular complexity index is 2490. The van der Waals surface area contributed by atoms with Crippen molar-refractivity contribution in [2.45, 2.75) is 0 Å². The zero-order chi connectivity index (χ0) is 29.7. The van der Waals surface area contributed by atoms with Gasteiger partial charge in [-0.25, -0.2) is 9.97 Å². The molecule has 7 nitrogen and oxygen atoms in total. The van der Waals surface area contributed by atoms with E-state index in [1.54, 1.807) is 6.20 Å². The number of hydrogen-bond acceptors (Lipinski definition) is 6. The maximum absolute atomic E-state index is 5.05. The van der Waals surface area contributed by atoms with Crippen LogP contribution in [0.25, 0.3) is 83.2 Å². The standard InChI is InChI=1S/C38H23N7/c1-2-9-34-29(7-1)30-14-17-39-23-35(30)45(34)36-13-12-26(21-42-36)32-19-27(20-33(44-32)31-8-3-4-15-40-31)28-18-25-11-10-24-6-5-16-41-37(24)38(25)43-22-28/h1-23H. The summed E-state index contributed by atoms with van der Waals surface area (Å²) < 4.78 is 2.16. The molecule has 0 aliphatic heterocycles. The molecule has 45 heavy (non-hydrogen) atoms. The Morgan fingerprint density at radius 1 is 0.444 bits per heavy atom. The molecule has 0 spiro atoms. The van der Waals surface area contributed by atoms with E-state index < -0.39 is 0 Å². The molecule has 7 heteroatoms. The van der Waals surface area contributed by atoms with Gasteiger partial charge in [-0.3, -0.25) is 24.5 Å². The molecule has 0 aliphatic carbocycles. The van der Waals surface area contributed by atoms with Crippen LogP contribution in [-0.4, -0.2) is 34.5 Å². The fourth-order valence-electron chi connectivity index (χ4n) is 6.12. The predicted octanol–water partition coefficient (Wildman–Crippen LogP) is 8.46. The predicted molar refractivity (Wildman–Crippen MR) is 179 cm³/mol. The van der Waals surface area contributed by atoms with Gasteiger partial charge in [-0.2, -0.15) is 0 Å². The van der Waals surface area contributed by atoms with Crippen LogP contribution in [0.2, 0.25) is 0 Å². The maximum Gasteiger partial charge on any atom is 0.137 e. The molecule has 0 aliphatic rings. The average molecular weight is 578 g/mol. The summed E-state index contributed by atoms with van der Waals surface area (Å²) in [6, 6.07) is 34.9. The SMILES string of the molecule is c1ccc(-c2cc(-c3cnc4c(ccc5cccnc54)c3)cc(-c3ccc(-n4c5ccccc5c5ccncc54)nc3)n2)nc1. The van der Waals surface area contributed by atoms with Gasteiger partial charge in [0.05, 0.1) is 45.3 Å². The van der Waals surface area contributed by atoms with Crippen molar-refractivity contribution in [2.75, 3.05) is 0 Å². The first-order valence-corrected chi connectivity index (χ1v) is 14.7. The minimum atomic E-state index is 0.779. The summed E-state index contributed by atoms with van der Waals surface area (Å²) in [6.07, 6.45) is 11.1. The van der Waals surface area contributed by atoms with Gasteiger partial charge >= 0.3 is 0 Å². The molecule has 0 atom stereocenters. The maximum atomic E-state index is 5.05. The highest BCUT2D eigenvalue weighted by Gasteiger charge is 2.15. The molecule has 0 fully saturated rings. The monoisotopic (exact) mass is 577 g/mol. The molecule has 0 radical (unpaired) electrons. The average Bonchev–Trinajstić information content (AvgIpc) is 3.46.